The van der Waals surface area contributed by atoms with E-state index in [1.54, 1.807) is 11.3 Å². The smallest absolute Gasteiger partial charge is 0.107 e. The lowest BCUT2D eigenvalue weighted by Crippen LogP contribution is -2.41. The maximum atomic E-state index is 5.76. The van der Waals surface area contributed by atoms with E-state index in [0.717, 1.165) is 18.3 Å². The molecule has 0 aromatic carbocycles. The highest BCUT2D eigenvalue weighted by atomic mass is 35.5. The second kappa shape index (κ2) is 6.14. The molecule has 3 nitrogen and oxygen atoms in total. The van der Waals surface area contributed by atoms with Crippen LogP contribution in [0.2, 0.25) is 0 Å². The summed E-state index contributed by atoms with van der Waals surface area (Å²) < 4.78 is 0. The molecule has 0 aliphatic carbocycles. The third-order valence-corrected chi connectivity index (χ3v) is 4.54. The number of hydrogen-bond donors (Lipinski definition) is 0. The number of halogens is 1. The van der Waals surface area contributed by atoms with Crippen LogP contribution < -0.4 is 0 Å². The van der Waals surface area contributed by atoms with Crippen LogP contribution in [0, 0.1) is 0 Å². The first-order chi connectivity index (χ1) is 8.19. The van der Waals surface area contributed by atoms with Gasteiger partial charge in [-0.15, -0.1) is 22.9 Å². The van der Waals surface area contributed by atoms with E-state index in [4.69, 9.17) is 11.6 Å². The lowest BCUT2D eigenvalue weighted by atomic mass is 10.0. The fraction of sp³-hybridized carbons (Fsp3) is 0.750. The van der Waals surface area contributed by atoms with Crippen molar-refractivity contribution in [1.82, 2.24) is 14.8 Å². The molecule has 1 fully saturated rings. The monoisotopic (exact) mass is 273 g/mol. The second-order valence-corrected chi connectivity index (χ2v) is 6.05. The molecule has 0 radical (unpaired) electrons. The van der Waals surface area contributed by atoms with Crippen molar-refractivity contribution in [2.75, 3.05) is 27.2 Å². The van der Waals surface area contributed by atoms with Crippen LogP contribution in [0.25, 0.3) is 0 Å². The Balaban J connectivity index is 1.81. The van der Waals surface area contributed by atoms with Gasteiger partial charge in [0, 0.05) is 24.5 Å². The Morgan fingerprint density at radius 1 is 1.47 bits per heavy atom. The summed E-state index contributed by atoms with van der Waals surface area (Å²) in [7, 11) is 4.35. The number of thiazole rings is 1. The van der Waals surface area contributed by atoms with Crippen molar-refractivity contribution >= 4 is 22.9 Å². The molecule has 1 aromatic rings. The van der Waals surface area contributed by atoms with Gasteiger partial charge in [0.05, 0.1) is 18.1 Å². The van der Waals surface area contributed by atoms with E-state index in [2.05, 4.69) is 34.3 Å². The van der Waals surface area contributed by atoms with Gasteiger partial charge in [0.1, 0.15) is 5.01 Å². The Labute approximate surface area is 112 Å². The summed E-state index contributed by atoms with van der Waals surface area (Å²) in [4.78, 5) is 9.35. The van der Waals surface area contributed by atoms with Crippen molar-refractivity contribution in [3.8, 4) is 0 Å². The van der Waals surface area contributed by atoms with Crippen LogP contribution >= 0.6 is 22.9 Å². The summed E-state index contributed by atoms with van der Waals surface area (Å²) >= 11 is 7.49. The normalized spacial score (nSPS) is 19.1. The molecule has 0 atom stereocenters. The summed E-state index contributed by atoms with van der Waals surface area (Å²) in [5, 5.41) is 3.26. The molecule has 17 heavy (non-hydrogen) atoms. The number of rotatable bonds is 4. The third-order valence-electron chi connectivity index (χ3n) is 3.38. The molecule has 2 rings (SSSR count). The van der Waals surface area contributed by atoms with Gasteiger partial charge in [0.25, 0.3) is 0 Å². The lowest BCUT2D eigenvalue weighted by Gasteiger charge is -2.34. The molecule has 2 heterocycles. The van der Waals surface area contributed by atoms with Crippen LogP contribution in [0.15, 0.2) is 5.38 Å². The molecule has 1 saturated heterocycles. The maximum Gasteiger partial charge on any atom is 0.107 e. The number of likely N-dealkylation sites (tertiary alicyclic amines) is 1. The van der Waals surface area contributed by atoms with Gasteiger partial charge in [-0.25, -0.2) is 4.98 Å². The molecule has 0 saturated carbocycles. The Morgan fingerprint density at radius 3 is 2.71 bits per heavy atom. The zero-order valence-electron chi connectivity index (χ0n) is 10.5. The fourth-order valence-corrected chi connectivity index (χ4v) is 3.33. The molecular formula is C12H20ClN3S. The SMILES string of the molecule is CN(C)C1CCN(Cc2nc(CCl)cs2)CC1. The van der Waals surface area contributed by atoms with E-state index < -0.39 is 0 Å². The quantitative estimate of drug-likeness (QED) is 0.786. The average Bonchev–Trinajstić information content (AvgIpc) is 2.77. The Hall–Kier alpha value is -0.160. The average molecular weight is 274 g/mol. The predicted molar refractivity (Wildman–Crippen MR) is 73.7 cm³/mol. The van der Waals surface area contributed by atoms with Crippen molar-refractivity contribution in [3.05, 3.63) is 16.1 Å². The van der Waals surface area contributed by atoms with Crippen LogP contribution in [-0.4, -0.2) is 48.0 Å². The van der Waals surface area contributed by atoms with Crippen molar-refractivity contribution in [3.63, 3.8) is 0 Å². The maximum absolute atomic E-state index is 5.76. The van der Waals surface area contributed by atoms with Crippen LogP contribution in [0.1, 0.15) is 23.5 Å². The van der Waals surface area contributed by atoms with Gasteiger partial charge in [-0.1, -0.05) is 0 Å². The van der Waals surface area contributed by atoms with Crippen molar-refractivity contribution < 1.29 is 0 Å². The first kappa shape index (κ1) is 13.3. The van der Waals surface area contributed by atoms with Crippen LogP contribution in [0.3, 0.4) is 0 Å². The van der Waals surface area contributed by atoms with E-state index in [9.17, 15) is 0 Å². The molecule has 0 bridgehead atoms. The fourth-order valence-electron chi connectivity index (χ4n) is 2.27. The number of hydrogen-bond acceptors (Lipinski definition) is 4. The molecule has 5 heteroatoms. The Morgan fingerprint density at radius 2 is 2.18 bits per heavy atom. The molecular weight excluding hydrogens is 254 g/mol. The van der Waals surface area contributed by atoms with Gasteiger partial charge in [0.2, 0.25) is 0 Å². The number of alkyl halides is 1. The zero-order chi connectivity index (χ0) is 12.3. The minimum Gasteiger partial charge on any atom is -0.306 e. The first-order valence-corrected chi connectivity index (χ1v) is 7.48. The Kier molecular flexibility index (Phi) is 4.79. The van der Waals surface area contributed by atoms with E-state index in [1.165, 1.54) is 30.9 Å². The van der Waals surface area contributed by atoms with Gasteiger partial charge in [-0.3, -0.25) is 4.90 Å². The van der Waals surface area contributed by atoms with Crippen LogP contribution in [0.4, 0.5) is 0 Å². The van der Waals surface area contributed by atoms with E-state index in [1.807, 2.05) is 0 Å². The molecule has 0 spiro atoms. The van der Waals surface area contributed by atoms with Gasteiger partial charge in [0.15, 0.2) is 0 Å². The van der Waals surface area contributed by atoms with Crippen LogP contribution in [0.5, 0.6) is 0 Å². The number of nitrogens with zero attached hydrogens (tertiary/aromatic N) is 3. The topological polar surface area (TPSA) is 19.4 Å². The molecule has 0 N–H and O–H groups in total. The third kappa shape index (κ3) is 3.65. The summed E-state index contributed by atoms with van der Waals surface area (Å²) in [6, 6.07) is 0.751. The largest absolute Gasteiger partial charge is 0.306 e. The van der Waals surface area contributed by atoms with Gasteiger partial charge < -0.3 is 4.90 Å². The summed E-state index contributed by atoms with van der Waals surface area (Å²) in [5.74, 6) is 0.527. The highest BCUT2D eigenvalue weighted by molar-refractivity contribution is 7.09. The van der Waals surface area contributed by atoms with Crippen molar-refractivity contribution in [2.24, 2.45) is 0 Å². The Bertz CT molecular complexity index is 345. The zero-order valence-corrected chi connectivity index (χ0v) is 12.1. The number of piperidine rings is 1. The van der Waals surface area contributed by atoms with Crippen LogP contribution in [-0.2, 0) is 12.4 Å². The van der Waals surface area contributed by atoms with Crippen molar-refractivity contribution in [1.29, 1.82) is 0 Å². The minimum atomic E-state index is 0.527. The molecule has 1 aliphatic heterocycles. The van der Waals surface area contributed by atoms with Crippen molar-refractivity contribution in [2.45, 2.75) is 31.3 Å². The standard InChI is InChI=1S/C12H20ClN3S/c1-15(2)11-3-5-16(6-4-11)8-12-14-10(7-13)9-17-12/h9,11H,3-8H2,1-2H3. The molecule has 0 amide bonds. The molecule has 96 valence electrons. The summed E-state index contributed by atoms with van der Waals surface area (Å²) in [5.41, 5.74) is 1.01. The number of aromatic nitrogens is 1. The molecule has 1 aromatic heterocycles. The summed E-state index contributed by atoms with van der Waals surface area (Å²) in [6.45, 7) is 3.35. The van der Waals surface area contributed by atoms with E-state index in [0.29, 0.717) is 5.88 Å². The van der Waals surface area contributed by atoms with Gasteiger partial charge in [-0.2, -0.15) is 0 Å². The van der Waals surface area contributed by atoms with E-state index >= 15 is 0 Å². The lowest BCUT2D eigenvalue weighted by molar-refractivity contribution is 0.140. The second-order valence-electron chi connectivity index (χ2n) is 4.84. The van der Waals surface area contributed by atoms with Gasteiger partial charge >= 0.3 is 0 Å². The molecule has 0 unspecified atom stereocenters. The minimum absolute atomic E-state index is 0.527. The highest BCUT2D eigenvalue weighted by Crippen LogP contribution is 2.19. The molecule has 1 aliphatic rings. The highest BCUT2D eigenvalue weighted by Gasteiger charge is 2.21. The first-order valence-electron chi connectivity index (χ1n) is 6.07. The summed E-state index contributed by atoms with van der Waals surface area (Å²) in [6.07, 6.45) is 2.53. The van der Waals surface area contributed by atoms with Gasteiger partial charge in [-0.05, 0) is 26.9 Å². The predicted octanol–water partition coefficient (Wildman–Crippen LogP) is 2.41. The van der Waals surface area contributed by atoms with E-state index in [-0.39, 0.29) is 0 Å².